The predicted molar refractivity (Wildman–Crippen MR) is 94.8 cm³/mol. The summed E-state index contributed by atoms with van der Waals surface area (Å²) in [4.78, 5) is 11.7. The highest BCUT2D eigenvalue weighted by Gasteiger charge is 2.02. The molecule has 1 amide bonds. The molecule has 0 heterocycles. The number of rotatable bonds is 7. The number of nitrogens with one attached hydrogen (secondary N) is 1. The molecule has 0 aliphatic rings. The van der Waals surface area contributed by atoms with Crippen LogP contribution in [0.4, 0.5) is 0 Å². The van der Waals surface area contributed by atoms with Crippen molar-refractivity contribution in [3.8, 4) is 11.5 Å². The Morgan fingerprint density at radius 3 is 2.58 bits per heavy atom. The zero-order valence-electron chi connectivity index (χ0n) is 14.2. The van der Waals surface area contributed by atoms with E-state index in [2.05, 4.69) is 17.5 Å². The number of nitrogens with zero attached hydrogens (tertiary/aromatic N) is 1. The quantitative estimate of drug-likeness (QED) is 0.628. The van der Waals surface area contributed by atoms with Crippen molar-refractivity contribution in [2.45, 2.75) is 20.3 Å². The minimum Gasteiger partial charge on any atom is -0.496 e. The van der Waals surface area contributed by atoms with Gasteiger partial charge in [-0.2, -0.15) is 5.10 Å². The Morgan fingerprint density at radius 1 is 1.21 bits per heavy atom. The topological polar surface area (TPSA) is 59.9 Å². The summed E-state index contributed by atoms with van der Waals surface area (Å²) in [6.45, 7) is 3.96. The summed E-state index contributed by atoms with van der Waals surface area (Å²) in [6.07, 6.45) is 2.56. The largest absolute Gasteiger partial charge is 0.496 e. The summed E-state index contributed by atoms with van der Waals surface area (Å²) in [5.74, 6) is 1.17. The molecule has 0 aromatic heterocycles. The van der Waals surface area contributed by atoms with Crippen molar-refractivity contribution < 1.29 is 14.3 Å². The fourth-order valence-electron chi connectivity index (χ4n) is 2.16. The van der Waals surface area contributed by atoms with Crippen molar-refractivity contribution in [3.63, 3.8) is 0 Å². The van der Waals surface area contributed by atoms with E-state index in [0.717, 1.165) is 23.3 Å². The summed E-state index contributed by atoms with van der Waals surface area (Å²) in [7, 11) is 1.63. The lowest BCUT2D eigenvalue weighted by molar-refractivity contribution is -0.123. The summed E-state index contributed by atoms with van der Waals surface area (Å²) in [6, 6.07) is 13.3. The van der Waals surface area contributed by atoms with E-state index in [4.69, 9.17) is 9.47 Å². The second kappa shape index (κ2) is 8.72. The first-order chi connectivity index (χ1) is 11.6. The molecular formula is C19H22N2O3. The molecule has 0 aliphatic heterocycles. The summed E-state index contributed by atoms with van der Waals surface area (Å²) < 4.78 is 10.6. The molecule has 2 aromatic carbocycles. The van der Waals surface area contributed by atoms with Crippen LogP contribution in [0, 0.1) is 6.92 Å². The number of aryl methyl sites for hydroxylation is 2. The molecule has 5 nitrogen and oxygen atoms in total. The van der Waals surface area contributed by atoms with E-state index in [1.54, 1.807) is 13.3 Å². The lowest BCUT2D eigenvalue weighted by atomic mass is 10.1. The van der Waals surface area contributed by atoms with Gasteiger partial charge in [0.2, 0.25) is 0 Å². The Labute approximate surface area is 142 Å². The van der Waals surface area contributed by atoms with Crippen LogP contribution in [0.25, 0.3) is 0 Å². The lowest BCUT2D eigenvalue weighted by Crippen LogP contribution is -2.24. The van der Waals surface area contributed by atoms with E-state index in [0.29, 0.717) is 5.75 Å². The first kappa shape index (κ1) is 17.5. The lowest BCUT2D eigenvalue weighted by Gasteiger charge is -2.06. The molecule has 0 saturated carbocycles. The number of carbonyl (C=O) groups is 1. The number of hydrogen-bond donors (Lipinski definition) is 1. The SMILES string of the molecule is CCc1ccc(OCC(=O)NN=Cc2ccc(OC)c(C)c2)cc1. The van der Waals surface area contributed by atoms with Crippen LogP contribution in [0.3, 0.4) is 0 Å². The Balaban J connectivity index is 1.80. The van der Waals surface area contributed by atoms with Gasteiger partial charge in [-0.05, 0) is 60.4 Å². The Kier molecular flexibility index (Phi) is 6.37. The van der Waals surface area contributed by atoms with Crippen LogP contribution in [-0.2, 0) is 11.2 Å². The molecule has 0 radical (unpaired) electrons. The van der Waals surface area contributed by atoms with E-state index in [9.17, 15) is 4.79 Å². The van der Waals surface area contributed by atoms with Crippen LogP contribution in [0.15, 0.2) is 47.6 Å². The Hall–Kier alpha value is -2.82. The number of ether oxygens (including phenoxy) is 2. The van der Waals surface area contributed by atoms with Gasteiger partial charge in [0.25, 0.3) is 5.91 Å². The highest BCUT2D eigenvalue weighted by Crippen LogP contribution is 2.17. The van der Waals surface area contributed by atoms with Crippen LogP contribution in [0.1, 0.15) is 23.6 Å². The van der Waals surface area contributed by atoms with Gasteiger partial charge < -0.3 is 9.47 Å². The Morgan fingerprint density at radius 2 is 1.96 bits per heavy atom. The molecule has 24 heavy (non-hydrogen) atoms. The summed E-state index contributed by atoms with van der Waals surface area (Å²) >= 11 is 0. The minimum atomic E-state index is -0.309. The van der Waals surface area contributed by atoms with Crippen LogP contribution < -0.4 is 14.9 Å². The number of carbonyl (C=O) groups excluding carboxylic acids is 1. The van der Waals surface area contributed by atoms with Gasteiger partial charge >= 0.3 is 0 Å². The fourth-order valence-corrected chi connectivity index (χ4v) is 2.16. The van der Waals surface area contributed by atoms with Gasteiger partial charge in [-0.15, -0.1) is 0 Å². The maximum Gasteiger partial charge on any atom is 0.277 e. The van der Waals surface area contributed by atoms with E-state index in [-0.39, 0.29) is 12.5 Å². The number of benzene rings is 2. The number of hydrogen-bond acceptors (Lipinski definition) is 4. The zero-order chi connectivity index (χ0) is 17.4. The van der Waals surface area contributed by atoms with E-state index < -0.39 is 0 Å². The highest BCUT2D eigenvalue weighted by molar-refractivity contribution is 5.83. The van der Waals surface area contributed by atoms with Crippen LogP contribution in [0.2, 0.25) is 0 Å². The van der Waals surface area contributed by atoms with Crippen LogP contribution >= 0.6 is 0 Å². The smallest absolute Gasteiger partial charge is 0.277 e. The van der Waals surface area contributed by atoms with E-state index >= 15 is 0 Å². The molecule has 0 saturated heterocycles. The first-order valence-corrected chi connectivity index (χ1v) is 7.80. The molecule has 5 heteroatoms. The normalized spacial score (nSPS) is 10.6. The van der Waals surface area contributed by atoms with E-state index in [1.807, 2.05) is 49.4 Å². The minimum absolute atomic E-state index is 0.0789. The molecule has 1 N–H and O–H groups in total. The third kappa shape index (κ3) is 5.12. The third-order valence-corrected chi connectivity index (χ3v) is 3.52. The standard InChI is InChI=1S/C19H22N2O3/c1-4-15-5-8-17(9-6-15)24-13-19(22)21-20-12-16-7-10-18(23-3)14(2)11-16/h5-12H,4,13H2,1-3H3,(H,21,22). The average molecular weight is 326 g/mol. The Bertz CT molecular complexity index is 709. The average Bonchev–Trinajstić information content (AvgIpc) is 2.60. The van der Waals surface area contributed by atoms with Crippen molar-refractivity contribution in [2.75, 3.05) is 13.7 Å². The second-order valence-electron chi connectivity index (χ2n) is 5.31. The fraction of sp³-hybridized carbons (Fsp3) is 0.263. The predicted octanol–water partition coefficient (Wildman–Crippen LogP) is 3.10. The molecule has 0 fully saturated rings. The van der Waals surface area contributed by atoms with Gasteiger partial charge in [0.15, 0.2) is 6.61 Å². The zero-order valence-corrected chi connectivity index (χ0v) is 14.2. The highest BCUT2D eigenvalue weighted by atomic mass is 16.5. The number of methoxy groups -OCH3 is 1. The number of amides is 1. The van der Waals surface area contributed by atoms with Gasteiger partial charge in [-0.1, -0.05) is 19.1 Å². The number of hydrazone groups is 1. The van der Waals surface area contributed by atoms with Gasteiger partial charge in [0.1, 0.15) is 11.5 Å². The van der Waals surface area contributed by atoms with Gasteiger partial charge in [-0.3, -0.25) is 4.79 Å². The molecule has 0 bridgehead atoms. The monoisotopic (exact) mass is 326 g/mol. The molecule has 0 spiro atoms. The van der Waals surface area contributed by atoms with Crippen molar-refractivity contribution in [2.24, 2.45) is 5.10 Å². The van der Waals surface area contributed by atoms with Gasteiger partial charge in [0, 0.05) is 0 Å². The van der Waals surface area contributed by atoms with Gasteiger partial charge in [0.05, 0.1) is 13.3 Å². The molecule has 126 valence electrons. The summed E-state index contributed by atoms with van der Waals surface area (Å²) in [5, 5.41) is 3.93. The molecule has 2 aromatic rings. The van der Waals surface area contributed by atoms with Crippen molar-refractivity contribution in [3.05, 3.63) is 59.2 Å². The second-order valence-corrected chi connectivity index (χ2v) is 5.31. The molecule has 0 aliphatic carbocycles. The first-order valence-electron chi connectivity index (χ1n) is 7.80. The molecule has 2 rings (SSSR count). The van der Waals surface area contributed by atoms with E-state index in [1.165, 1.54) is 5.56 Å². The maximum atomic E-state index is 11.7. The molecule has 0 unspecified atom stereocenters. The summed E-state index contributed by atoms with van der Waals surface area (Å²) in [5.41, 5.74) is 5.56. The van der Waals surface area contributed by atoms with Crippen molar-refractivity contribution in [1.29, 1.82) is 0 Å². The molecular weight excluding hydrogens is 304 g/mol. The van der Waals surface area contributed by atoms with Crippen LogP contribution in [-0.4, -0.2) is 25.8 Å². The van der Waals surface area contributed by atoms with Gasteiger partial charge in [-0.25, -0.2) is 5.43 Å². The maximum absolute atomic E-state index is 11.7. The van der Waals surface area contributed by atoms with Crippen molar-refractivity contribution >= 4 is 12.1 Å². The van der Waals surface area contributed by atoms with Crippen LogP contribution in [0.5, 0.6) is 11.5 Å². The van der Waals surface area contributed by atoms with Crippen molar-refractivity contribution in [1.82, 2.24) is 5.43 Å². The third-order valence-electron chi connectivity index (χ3n) is 3.52. The molecule has 0 atom stereocenters.